The summed E-state index contributed by atoms with van der Waals surface area (Å²) in [6, 6.07) is 0. The Labute approximate surface area is 123 Å². The number of unbranched alkanes of at least 4 members (excludes halogenated alkanes) is 4. The third-order valence-corrected chi connectivity index (χ3v) is 3.51. The first-order chi connectivity index (χ1) is 9.20. The predicted molar refractivity (Wildman–Crippen MR) is 89.4 cm³/mol. The molecule has 114 valence electrons. The molecule has 4 nitrogen and oxygen atoms in total. The van der Waals surface area contributed by atoms with Crippen LogP contribution < -0.4 is 10.6 Å². The molecule has 0 aliphatic carbocycles. The van der Waals surface area contributed by atoms with Crippen LogP contribution in [0.5, 0.6) is 0 Å². The molecule has 0 rings (SSSR count). The van der Waals surface area contributed by atoms with Crippen molar-refractivity contribution in [2.75, 3.05) is 52.8 Å². The van der Waals surface area contributed by atoms with Crippen LogP contribution in [-0.4, -0.2) is 63.6 Å². The van der Waals surface area contributed by atoms with E-state index in [0.717, 1.165) is 24.8 Å². The maximum absolute atomic E-state index is 4.21. The van der Waals surface area contributed by atoms with E-state index >= 15 is 0 Å². The Hall–Kier alpha value is -0.420. The van der Waals surface area contributed by atoms with Crippen LogP contribution in [0, 0.1) is 0 Å². The highest BCUT2D eigenvalue weighted by Crippen LogP contribution is 2.02. The van der Waals surface area contributed by atoms with Crippen LogP contribution >= 0.6 is 11.8 Å². The summed E-state index contributed by atoms with van der Waals surface area (Å²) >= 11 is 1.85. The molecule has 0 aliphatic rings. The summed E-state index contributed by atoms with van der Waals surface area (Å²) in [4.78, 5) is 6.46. The molecule has 0 saturated heterocycles. The number of hydrogen-bond donors (Lipinski definition) is 2. The number of hydrogen-bond acceptors (Lipinski definition) is 3. The number of nitrogens with zero attached hydrogens (tertiary/aromatic N) is 2. The van der Waals surface area contributed by atoms with Crippen LogP contribution in [0.3, 0.4) is 0 Å². The largest absolute Gasteiger partial charge is 0.356 e. The highest BCUT2D eigenvalue weighted by Gasteiger charge is 1.96. The third-order valence-electron chi connectivity index (χ3n) is 2.90. The summed E-state index contributed by atoms with van der Waals surface area (Å²) in [7, 11) is 6.11. The van der Waals surface area contributed by atoms with Crippen LogP contribution in [0.15, 0.2) is 4.99 Å². The molecule has 0 radical (unpaired) electrons. The van der Waals surface area contributed by atoms with Gasteiger partial charge in [0, 0.05) is 25.9 Å². The number of guanidine groups is 1. The summed E-state index contributed by atoms with van der Waals surface area (Å²) in [5.41, 5.74) is 0. The number of thioether (sulfide) groups is 1. The highest BCUT2D eigenvalue weighted by molar-refractivity contribution is 7.98. The lowest BCUT2D eigenvalue weighted by molar-refractivity contribution is 0.389. The van der Waals surface area contributed by atoms with E-state index in [4.69, 9.17) is 0 Å². The van der Waals surface area contributed by atoms with Gasteiger partial charge in [-0.2, -0.15) is 11.8 Å². The lowest BCUT2D eigenvalue weighted by atomic mass is 10.1. The van der Waals surface area contributed by atoms with Gasteiger partial charge in [0.05, 0.1) is 0 Å². The van der Waals surface area contributed by atoms with Crippen molar-refractivity contribution in [1.29, 1.82) is 0 Å². The van der Waals surface area contributed by atoms with E-state index in [9.17, 15) is 0 Å². The molecule has 0 spiro atoms. The van der Waals surface area contributed by atoms with Crippen molar-refractivity contribution in [3.05, 3.63) is 0 Å². The minimum absolute atomic E-state index is 0.932. The first kappa shape index (κ1) is 18.6. The van der Waals surface area contributed by atoms with Crippen molar-refractivity contribution in [2.24, 2.45) is 4.99 Å². The normalized spacial score (nSPS) is 11.9. The highest BCUT2D eigenvalue weighted by atomic mass is 32.2. The van der Waals surface area contributed by atoms with Crippen LogP contribution in [0.25, 0.3) is 0 Å². The Morgan fingerprint density at radius 3 is 2.26 bits per heavy atom. The van der Waals surface area contributed by atoms with Crippen molar-refractivity contribution in [2.45, 2.75) is 32.1 Å². The molecular weight excluding hydrogens is 256 g/mol. The van der Waals surface area contributed by atoms with Crippen LogP contribution in [0.2, 0.25) is 0 Å². The Morgan fingerprint density at radius 1 is 1.00 bits per heavy atom. The van der Waals surface area contributed by atoms with Crippen molar-refractivity contribution in [3.63, 3.8) is 0 Å². The molecule has 0 bridgehead atoms. The van der Waals surface area contributed by atoms with Gasteiger partial charge in [-0.15, -0.1) is 0 Å². The van der Waals surface area contributed by atoms with Gasteiger partial charge in [-0.1, -0.05) is 19.3 Å². The first-order valence-corrected chi connectivity index (χ1v) is 8.68. The zero-order valence-corrected chi connectivity index (χ0v) is 14.0. The van der Waals surface area contributed by atoms with Gasteiger partial charge in [-0.3, -0.25) is 4.99 Å². The Morgan fingerprint density at radius 2 is 1.63 bits per heavy atom. The molecule has 5 heteroatoms. The second kappa shape index (κ2) is 14.0. The van der Waals surface area contributed by atoms with Gasteiger partial charge < -0.3 is 15.5 Å². The summed E-state index contributed by atoms with van der Waals surface area (Å²) in [5.74, 6) is 2.05. The second-order valence-corrected chi connectivity index (χ2v) is 5.98. The fourth-order valence-electron chi connectivity index (χ4n) is 1.78. The minimum Gasteiger partial charge on any atom is -0.356 e. The number of rotatable bonds is 11. The fraction of sp³-hybridized carbons (Fsp3) is 0.929. The van der Waals surface area contributed by atoms with Crippen molar-refractivity contribution < 1.29 is 0 Å². The standard InChI is InChI=1S/C14H32N4S/c1-15-14(17-11-13-19-4)16-10-8-6-5-7-9-12-18(2)3/h5-13H2,1-4H3,(H2,15,16,17). The van der Waals surface area contributed by atoms with Crippen molar-refractivity contribution in [1.82, 2.24) is 15.5 Å². The molecule has 0 aromatic heterocycles. The monoisotopic (exact) mass is 288 g/mol. The van der Waals surface area contributed by atoms with E-state index in [0.29, 0.717) is 0 Å². The molecule has 2 N–H and O–H groups in total. The van der Waals surface area contributed by atoms with Crippen LogP contribution in [0.4, 0.5) is 0 Å². The zero-order valence-electron chi connectivity index (χ0n) is 13.2. The molecule has 0 atom stereocenters. The average molecular weight is 289 g/mol. The zero-order chi connectivity index (χ0) is 14.3. The molecule has 19 heavy (non-hydrogen) atoms. The van der Waals surface area contributed by atoms with Gasteiger partial charge >= 0.3 is 0 Å². The van der Waals surface area contributed by atoms with E-state index in [1.165, 1.54) is 38.6 Å². The summed E-state index contributed by atoms with van der Waals surface area (Å²) in [5, 5.41) is 6.67. The molecule has 0 unspecified atom stereocenters. The van der Waals surface area contributed by atoms with Crippen LogP contribution in [-0.2, 0) is 0 Å². The maximum Gasteiger partial charge on any atom is 0.191 e. The quantitative estimate of drug-likeness (QED) is 0.347. The Kier molecular flexibility index (Phi) is 13.7. The molecular formula is C14H32N4S. The average Bonchev–Trinajstić information content (AvgIpc) is 2.39. The van der Waals surface area contributed by atoms with E-state index in [1.54, 1.807) is 0 Å². The van der Waals surface area contributed by atoms with E-state index < -0.39 is 0 Å². The summed E-state index contributed by atoms with van der Waals surface area (Å²) in [6.07, 6.45) is 8.66. The van der Waals surface area contributed by atoms with Gasteiger partial charge in [0.2, 0.25) is 0 Å². The lowest BCUT2D eigenvalue weighted by Gasteiger charge is -2.11. The van der Waals surface area contributed by atoms with E-state index in [2.05, 4.69) is 40.9 Å². The van der Waals surface area contributed by atoms with Gasteiger partial charge in [0.25, 0.3) is 0 Å². The third kappa shape index (κ3) is 13.8. The smallest absolute Gasteiger partial charge is 0.191 e. The van der Waals surface area contributed by atoms with Crippen molar-refractivity contribution in [3.8, 4) is 0 Å². The molecule has 0 fully saturated rings. The predicted octanol–water partition coefficient (Wildman–Crippen LogP) is 2.03. The van der Waals surface area contributed by atoms with Gasteiger partial charge in [-0.05, 0) is 39.7 Å². The lowest BCUT2D eigenvalue weighted by Crippen LogP contribution is -2.38. The van der Waals surface area contributed by atoms with E-state index in [1.807, 2.05) is 18.8 Å². The topological polar surface area (TPSA) is 39.7 Å². The summed E-state index contributed by atoms with van der Waals surface area (Å²) in [6.45, 7) is 3.21. The number of nitrogens with one attached hydrogen (secondary N) is 2. The Bertz CT molecular complexity index is 219. The molecule has 0 heterocycles. The molecule has 0 aromatic rings. The second-order valence-electron chi connectivity index (χ2n) is 4.99. The summed E-state index contributed by atoms with van der Waals surface area (Å²) < 4.78 is 0. The molecule has 0 aliphatic heterocycles. The number of aliphatic imine (C=N–C) groups is 1. The van der Waals surface area contributed by atoms with Crippen molar-refractivity contribution >= 4 is 17.7 Å². The molecule has 0 saturated carbocycles. The minimum atomic E-state index is 0.932. The Balaban J connectivity index is 3.32. The molecule has 0 aromatic carbocycles. The van der Waals surface area contributed by atoms with Crippen LogP contribution in [0.1, 0.15) is 32.1 Å². The first-order valence-electron chi connectivity index (χ1n) is 7.29. The van der Waals surface area contributed by atoms with Gasteiger partial charge in [0.15, 0.2) is 5.96 Å². The van der Waals surface area contributed by atoms with Gasteiger partial charge in [0.1, 0.15) is 0 Å². The SMILES string of the molecule is CN=C(NCCCCCCCN(C)C)NCCSC. The van der Waals surface area contributed by atoms with E-state index in [-0.39, 0.29) is 0 Å². The fourth-order valence-corrected chi connectivity index (χ4v) is 2.09. The van der Waals surface area contributed by atoms with Gasteiger partial charge in [-0.25, -0.2) is 0 Å². The molecule has 0 amide bonds. The maximum atomic E-state index is 4.21.